The number of β-amino-alcohol motifs (C(OH)–C–C–N with tert-alkyl or cyclic N) is 1. The molecule has 0 atom stereocenters. The summed E-state index contributed by atoms with van der Waals surface area (Å²) in [5, 5.41) is 12.7. The SMILES string of the molecule is O=S(=O)(Cc1ccccc1)NCC1(O)CNC1. The molecule has 1 aliphatic rings. The van der Waals surface area contributed by atoms with Gasteiger partial charge in [-0.15, -0.1) is 0 Å². The largest absolute Gasteiger partial charge is 0.386 e. The Morgan fingerprint density at radius 1 is 1.29 bits per heavy atom. The first-order valence-corrected chi connectivity index (χ1v) is 7.09. The minimum absolute atomic E-state index is 0.0582. The molecule has 2 rings (SSSR count). The van der Waals surface area contributed by atoms with Gasteiger partial charge in [0.15, 0.2) is 0 Å². The standard InChI is InChI=1S/C11H16N2O3S/c14-11(7-12-8-11)9-13-17(15,16)6-10-4-2-1-3-5-10/h1-5,12-14H,6-9H2. The third kappa shape index (κ3) is 3.50. The molecule has 17 heavy (non-hydrogen) atoms. The quantitative estimate of drug-likeness (QED) is 0.660. The van der Waals surface area contributed by atoms with Crippen LogP contribution in [0, 0.1) is 0 Å². The minimum atomic E-state index is -3.38. The van der Waals surface area contributed by atoms with Crippen molar-refractivity contribution in [2.45, 2.75) is 11.4 Å². The number of hydrogen-bond donors (Lipinski definition) is 3. The van der Waals surface area contributed by atoms with Crippen LogP contribution in [-0.4, -0.2) is 38.8 Å². The molecule has 0 amide bonds. The van der Waals surface area contributed by atoms with Crippen molar-refractivity contribution in [2.24, 2.45) is 0 Å². The Kier molecular flexibility index (Phi) is 3.48. The van der Waals surface area contributed by atoms with Crippen LogP contribution in [0.1, 0.15) is 5.56 Å². The van der Waals surface area contributed by atoms with Gasteiger partial charge in [-0.25, -0.2) is 13.1 Å². The molecule has 1 aromatic rings. The molecule has 0 unspecified atom stereocenters. The van der Waals surface area contributed by atoms with Crippen LogP contribution in [0.4, 0.5) is 0 Å². The molecule has 94 valence electrons. The van der Waals surface area contributed by atoms with E-state index in [1.54, 1.807) is 24.3 Å². The van der Waals surface area contributed by atoms with Gasteiger partial charge in [-0.2, -0.15) is 0 Å². The molecule has 0 aliphatic carbocycles. The lowest BCUT2D eigenvalue weighted by atomic mass is 9.98. The molecule has 1 aromatic carbocycles. The topological polar surface area (TPSA) is 78.4 Å². The minimum Gasteiger partial charge on any atom is -0.386 e. The maximum atomic E-state index is 11.7. The fourth-order valence-electron chi connectivity index (χ4n) is 1.63. The summed E-state index contributed by atoms with van der Waals surface area (Å²) in [6, 6.07) is 8.96. The molecule has 0 spiro atoms. The first-order chi connectivity index (χ1) is 7.99. The van der Waals surface area contributed by atoms with Crippen LogP contribution in [0.25, 0.3) is 0 Å². The number of rotatable bonds is 5. The zero-order valence-corrected chi connectivity index (χ0v) is 10.2. The van der Waals surface area contributed by atoms with E-state index in [1.165, 1.54) is 0 Å². The Morgan fingerprint density at radius 2 is 1.94 bits per heavy atom. The van der Waals surface area contributed by atoms with Crippen LogP contribution in [0.15, 0.2) is 30.3 Å². The smallest absolute Gasteiger partial charge is 0.215 e. The maximum Gasteiger partial charge on any atom is 0.215 e. The molecule has 6 heteroatoms. The van der Waals surface area contributed by atoms with Crippen molar-refractivity contribution in [3.8, 4) is 0 Å². The first kappa shape index (κ1) is 12.5. The molecule has 1 aliphatic heterocycles. The Hall–Kier alpha value is -0.950. The van der Waals surface area contributed by atoms with Crippen LogP contribution >= 0.6 is 0 Å². The maximum absolute atomic E-state index is 11.7. The van der Waals surface area contributed by atoms with E-state index in [4.69, 9.17) is 0 Å². The molecule has 1 heterocycles. The van der Waals surface area contributed by atoms with Crippen LogP contribution in [0.5, 0.6) is 0 Å². The third-order valence-electron chi connectivity index (χ3n) is 2.73. The molecule has 0 radical (unpaired) electrons. The molecule has 3 N–H and O–H groups in total. The molecular weight excluding hydrogens is 240 g/mol. The number of benzene rings is 1. The van der Waals surface area contributed by atoms with Gasteiger partial charge in [0.1, 0.15) is 5.60 Å². The summed E-state index contributed by atoms with van der Waals surface area (Å²) in [6.07, 6.45) is 0. The van der Waals surface area contributed by atoms with Crippen molar-refractivity contribution in [3.63, 3.8) is 0 Å². The summed E-state index contributed by atoms with van der Waals surface area (Å²) >= 11 is 0. The lowest BCUT2D eigenvalue weighted by Gasteiger charge is -2.37. The van der Waals surface area contributed by atoms with Gasteiger partial charge in [-0.3, -0.25) is 0 Å². The van der Waals surface area contributed by atoms with E-state index in [2.05, 4.69) is 10.0 Å². The lowest BCUT2D eigenvalue weighted by molar-refractivity contribution is -0.00397. The number of sulfonamides is 1. The third-order valence-corrected chi connectivity index (χ3v) is 4.03. The molecular formula is C11H16N2O3S. The Bertz CT molecular complexity index is 469. The van der Waals surface area contributed by atoms with Crippen molar-refractivity contribution >= 4 is 10.0 Å². The van der Waals surface area contributed by atoms with Gasteiger partial charge in [0, 0.05) is 19.6 Å². The zero-order chi connectivity index (χ0) is 12.4. The molecule has 0 aromatic heterocycles. The van der Waals surface area contributed by atoms with E-state index in [-0.39, 0.29) is 12.3 Å². The van der Waals surface area contributed by atoms with Gasteiger partial charge in [-0.1, -0.05) is 30.3 Å². The Morgan fingerprint density at radius 3 is 2.47 bits per heavy atom. The Labute approximate surface area is 101 Å². The predicted molar refractivity (Wildman–Crippen MR) is 64.9 cm³/mol. The summed E-state index contributed by atoms with van der Waals surface area (Å²) in [5.74, 6) is -0.0582. The average molecular weight is 256 g/mol. The normalized spacial score (nSPS) is 18.6. The average Bonchev–Trinajstić information content (AvgIpc) is 2.25. The van der Waals surface area contributed by atoms with Gasteiger partial charge in [0.05, 0.1) is 5.75 Å². The molecule has 0 bridgehead atoms. The second-order valence-electron chi connectivity index (χ2n) is 4.39. The number of hydrogen-bond acceptors (Lipinski definition) is 4. The fraction of sp³-hybridized carbons (Fsp3) is 0.455. The lowest BCUT2D eigenvalue weighted by Crippen LogP contribution is -2.64. The monoisotopic (exact) mass is 256 g/mol. The Balaban J connectivity index is 1.91. The molecule has 5 nitrogen and oxygen atoms in total. The van der Waals surface area contributed by atoms with E-state index in [0.717, 1.165) is 5.56 Å². The molecule has 0 saturated carbocycles. The number of nitrogens with one attached hydrogen (secondary N) is 2. The van der Waals surface area contributed by atoms with Crippen LogP contribution < -0.4 is 10.0 Å². The van der Waals surface area contributed by atoms with E-state index in [9.17, 15) is 13.5 Å². The highest BCUT2D eigenvalue weighted by molar-refractivity contribution is 7.88. The van der Waals surface area contributed by atoms with Gasteiger partial charge in [-0.05, 0) is 5.56 Å². The van der Waals surface area contributed by atoms with Crippen molar-refractivity contribution in [2.75, 3.05) is 19.6 Å². The van der Waals surface area contributed by atoms with Crippen molar-refractivity contribution in [1.29, 1.82) is 0 Å². The zero-order valence-electron chi connectivity index (χ0n) is 9.39. The summed E-state index contributed by atoms with van der Waals surface area (Å²) in [5.41, 5.74) is -0.192. The highest BCUT2D eigenvalue weighted by Gasteiger charge is 2.35. The van der Waals surface area contributed by atoms with E-state index < -0.39 is 15.6 Å². The second-order valence-corrected chi connectivity index (χ2v) is 6.20. The van der Waals surface area contributed by atoms with Crippen LogP contribution in [0.2, 0.25) is 0 Å². The summed E-state index contributed by atoms with van der Waals surface area (Å²) < 4.78 is 25.9. The number of aliphatic hydroxyl groups is 1. The highest BCUT2D eigenvalue weighted by atomic mass is 32.2. The van der Waals surface area contributed by atoms with Crippen LogP contribution in [-0.2, 0) is 15.8 Å². The van der Waals surface area contributed by atoms with E-state index >= 15 is 0 Å². The highest BCUT2D eigenvalue weighted by Crippen LogP contribution is 2.10. The summed E-state index contributed by atoms with van der Waals surface area (Å²) in [4.78, 5) is 0. The first-order valence-electron chi connectivity index (χ1n) is 5.44. The van der Waals surface area contributed by atoms with Gasteiger partial charge < -0.3 is 10.4 Å². The van der Waals surface area contributed by atoms with E-state index in [0.29, 0.717) is 13.1 Å². The van der Waals surface area contributed by atoms with Crippen molar-refractivity contribution < 1.29 is 13.5 Å². The van der Waals surface area contributed by atoms with Gasteiger partial charge in [0.2, 0.25) is 10.0 Å². The summed E-state index contributed by atoms with van der Waals surface area (Å²) in [6.45, 7) is 0.927. The predicted octanol–water partition coefficient (Wildman–Crippen LogP) is -0.560. The molecule has 1 fully saturated rings. The van der Waals surface area contributed by atoms with Gasteiger partial charge in [0.25, 0.3) is 0 Å². The van der Waals surface area contributed by atoms with Crippen molar-refractivity contribution in [1.82, 2.24) is 10.0 Å². The summed E-state index contributed by atoms with van der Waals surface area (Å²) in [7, 11) is -3.38. The van der Waals surface area contributed by atoms with Gasteiger partial charge >= 0.3 is 0 Å². The fourth-order valence-corrected chi connectivity index (χ4v) is 2.85. The van der Waals surface area contributed by atoms with Crippen molar-refractivity contribution in [3.05, 3.63) is 35.9 Å². The van der Waals surface area contributed by atoms with Crippen LogP contribution in [0.3, 0.4) is 0 Å². The second kappa shape index (κ2) is 4.73. The van der Waals surface area contributed by atoms with E-state index in [1.807, 2.05) is 6.07 Å². The molecule has 1 saturated heterocycles.